The van der Waals surface area contributed by atoms with Crippen LogP contribution in [0, 0.1) is 5.92 Å². The minimum absolute atomic E-state index is 0.0589. The summed E-state index contributed by atoms with van der Waals surface area (Å²) in [5.41, 5.74) is 0. The van der Waals surface area contributed by atoms with Crippen molar-refractivity contribution in [2.45, 2.75) is 32.8 Å². The number of piperidine rings is 1. The molecule has 0 radical (unpaired) electrons. The Bertz CT molecular complexity index is 209. The molecular weight excluding hydrogens is 192 g/mol. The number of carbonyl (C=O) groups excluding carboxylic acids is 1. The number of likely N-dealkylation sites (tertiary alicyclic amines) is 1. The summed E-state index contributed by atoms with van der Waals surface area (Å²) >= 11 is 0. The van der Waals surface area contributed by atoms with Crippen LogP contribution in [0.15, 0.2) is 0 Å². The van der Waals surface area contributed by atoms with E-state index < -0.39 is 0 Å². The molecule has 15 heavy (non-hydrogen) atoms. The van der Waals surface area contributed by atoms with Crippen molar-refractivity contribution in [1.82, 2.24) is 10.2 Å². The number of nitrogens with zero attached hydrogens (tertiary/aromatic N) is 1. The number of nitrogens with one attached hydrogen (secondary N) is 1. The van der Waals surface area contributed by atoms with Gasteiger partial charge in [-0.3, -0.25) is 4.90 Å². The second kappa shape index (κ2) is 5.95. The topological polar surface area (TPSA) is 41.6 Å². The van der Waals surface area contributed by atoms with Crippen LogP contribution in [-0.4, -0.2) is 43.8 Å². The predicted octanol–water partition coefficient (Wildman–Crippen LogP) is 1.46. The van der Waals surface area contributed by atoms with E-state index in [1.165, 1.54) is 0 Å². The van der Waals surface area contributed by atoms with Crippen LogP contribution in [0.3, 0.4) is 0 Å². The Kier molecular flexibility index (Phi) is 4.88. The number of hydrogen-bond donors (Lipinski definition) is 1. The molecule has 1 heterocycles. The van der Waals surface area contributed by atoms with Crippen LogP contribution in [0.5, 0.6) is 0 Å². The highest BCUT2D eigenvalue weighted by Gasteiger charge is 2.29. The van der Waals surface area contributed by atoms with E-state index in [0.717, 1.165) is 32.5 Å². The molecule has 2 atom stereocenters. The summed E-state index contributed by atoms with van der Waals surface area (Å²) in [4.78, 5) is 13.5. The lowest BCUT2D eigenvalue weighted by atomic mass is 9.91. The van der Waals surface area contributed by atoms with Crippen molar-refractivity contribution in [1.29, 1.82) is 0 Å². The first-order valence-corrected chi connectivity index (χ1v) is 5.81. The molecular formula is C11H22N2O2. The van der Waals surface area contributed by atoms with Gasteiger partial charge in [0.1, 0.15) is 6.10 Å². The average Bonchev–Trinajstić information content (AvgIpc) is 2.28. The van der Waals surface area contributed by atoms with Crippen molar-refractivity contribution in [3.63, 3.8) is 0 Å². The van der Waals surface area contributed by atoms with E-state index in [1.807, 2.05) is 0 Å². The van der Waals surface area contributed by atoms with E-state index in [1.54, 1.807) is 7.05 Å². The zero-order chi connectivity index (χ0) is 11.3. The molecule has 0 saturated carbocycles. The van der Waals surface area contributed by atoms with Crippen LogP contribution in [0.4, 0.5) is 4.79 Å². The number of ether oxygens (including phenoxy) is 1. The molecule has 1 rings (SSSR count). The third-order valence-electron chi connectivity index (χ3n) is 3.21. The Morgan fingerprint density at radius 2 is 2.27 bits per heavy atom. The summed E-state index contributed by atoms with van der Waals surface area (Å²) < 4.78 is 5.38. The van der Waals surface area contributed by atoms with Gasteiger partial charge in [-0.1, -0.05) is 13.8 Å². The Morgan fingerprint density at radius 1 is 1.53 bits per heavy atom. The number of amides is 1. The monoisotopic (exact) mass is 214 g/mol. The molecule has 1 saturated heterocycles. The predicted molar refractivity (Wildman–Crippen MR) is 59.8 cm³/mol. The normalized spacial score (nSPS) is 27.4. The molecule has 0 bridgehead atoms. The summed E-state index contributed by atoms with van der Waals surface area (Å²) in [5.74, 6) is 0.519. The molecule has 4 nitrogen and oxygen atoms in total. The molecule has 1 fully saturated rings. The van der Waals surface area contributed by atoms with Crippen LogP contribution in [0.1, 0.15) is 26.7 Å². The molecule has 0 spiro atoms. The average molecular weight is 214 g/mol. The first-order valence-electron chi connectivity index (χ1n) is 5.81. The van der Waals surface area contributed by atoms with Crippen LogP contribution in [0.2, 0.25) is 0 Å². The largest absolute Gasteiger partial charge is 0.445 e. The van der Waals surface area contributed by atoms with E-state index in [9.17, 15) is 4.79 Å². The lowest BCUT2D eigenvalue weighted by molar-refractivity contribution is 0.00501. The minimum atomic E-state index is -0.309. The molecule has 88 valence electrons. The molecule has 4 heteroatoms. The summed E-state index contributed by atoms with van der Waals surface area (Å²) in [7, 11) is 1.60. The van der Waals surface area contributed by atoms with Gasteiger partial charge in [-0.25, -0.2) is 4.79 Å². The Hall–Kier alpha value is -0.770. The second-order valence-electron chi connectivity index (χ2n) is 4.04. The maximum absolute atomic E-state index is 11.2. The summed E-state index contributed by atoms with van der Waals surface area (Å²) in [6, 6.07) is 0. The molecule has 0 aliphatic carbocycles. The fourth-order valence-electron chi connectivity index (χ4n) is 2.11. The third kappa shape index (κ3) is 3.38. The lowest BCUT2D eigenvalue weighted by Gasteiger charge is -2.37. The molecule has 1 aliphatic rings. The van der Waals surface area contributed by atoms with Gasteiger partial charge in [-0.05, 0) is 31.8 Å². The highest BCUT2D eigenvalue weighted by atomic mass is 16.6. The van der Waals surface area contributed by atoms with Gasteiger partial charge in [-0.2, -0.15) is 0 Å². The van der Waals surface area contributed by atoms with Crippen LogP contribution in [-0.2, 0) is 4.74 Å². The van der Waals surface area contributed by atoms with Crippen LogP contribution >= 0.6 is 0 Å². The van der Waals surface area contributed by atoms with Crippen molar-refractivity contribution in [3.8, 4) is 0 Å². The number of rotatable bonds is 3. The summed E-state index contributed by atoms with van der Waals surface area (Å²) in [5, 5.41) is 2.51. The van der Waals surface area contributed by atoms with E-state index in [4.69, 9.17) is 4.74 Å². The van der Waals surface area contributed by atoms with Gasteiger partial charge < -0.3 is 10.1 Å². The SMILES string of the molecule is CC[C@@H]1CCN(CC)C[C@H]1OC(=O)NC. The molecule has 1 N–H and O–H groups in total. The Balaban J connectivity index is 2.50. The van der Waals surface area contributed by atoms with E-state index in [-0.39, 0.29) is 12.2 Å². The highest BCUT2D eigenvalue weighted by molar-refractivity contribution is 5.66. The van der Waals surface area contributed by atoms with Gasteiger partial charge in [-0.15, -0.1) is 0 Å². The van der Waals surface area contributed by atoms with E-state index in [2.05, 4.69) is 24.1 Å². The number of alkyl carbamates (subject to hydrolysis) is 1. The van der Waals surface area contributed by atoms with Gasteiger partial charge in [0.2, 0.25) is 0 Å². The zero-order valence-corrected chi connectivity index (χ0v) is 9.95. The van der Waals surface area contributed by atoms with Gasteiger partial charge in [0.05, 0.1) is 0 Å². The molecule has 1 amide bonds. The van der Waals surface area contributed by atoms with Crippen molar-refractivity contribution >= 4 is 6.09 Å². The molecule has 0 aromatic carbocycles. The van der Waals surface area contributed by atoms with Crippen molar-refractivity contribution in [3.05, 3.63) is 0 Å². The van der Waals surface area contributed by atoms with Crippen molar-refractivity contribution < 1.29 is 9.53 Å². The van der Waals surface area contributed by atoms with Gasteiger partial charge in [0.25, 0.3) is 0 Å². The molecule has 0 aromatic heterocycles. The standard InChI is InChI=1S/C11H22N2O2/c1-4-9-6-7-13(5-2)8-10(9)15-11(14)12-3/h9-10H,4-8H2,1-3H3,(H,12,14)/t9-,10-/m1/s1. The zero-order valence-electron chi connectivity index (χ0n) is 9.95. The Labute approximate surface area is 92.0 Å². The van der Waals surface area contributed by atoms with Crippen molar-refractivity contribution in [2.75, 3.05) is 26.7 Å². The van der Waals surface area contributed by atoms with E-state index in [0.29, 0.717) is 5.92 Å². The Morgan fingerprint density at radius 3 is 2.80 bits per heavy atom. The summed E-state index contributed by atoms with van der Waals surface area (Å²) in [6.45, 7) is 7.34. The highest BCUT2D eigenvalue weighted by Crippen LogP contribution is 2.23. The van der Waals surface area contributed by atoms with Crippen LogP contribution < -0.4 is 5.32 Å². The van der Waals surface area contributed by atoms with Gasteiger partial charge in [0, 0.05) is 13.6 Å². The molecule has 0 unspecified atom stereocenters. The maximum Gasteiger partial charge on any atom is 0.407 e. The van der Waals surface area contributed by atoms with Gasteiger partial charge >= 0.3 is 6.09 Å². The quantitative estimate of drug-likeness (QED) is 0.773. The van der Waals surface area contributed by atoms with Crippen molar-refractivity contribution in [2.24, 2.45) is 5.92 Å². The fourth-order valence-corrected chi connectivity index (χ4v) is 2.11. The fraction of sp³-hybridized carbons (Fsp3) is 0.909. The molecule has 0 aromatic rings. The van der Waals surface area contributed by atoms with Crippen LogP contribution in [0.25, 0.3) is 0 Å². The number of hydrogen-bond acceptors (Lipinski definition) is 3. The second-order valence-corrected chi connectivity index (χ2v) is 4.04. The number of carbonyl (C=O) groups is 1. The maximum atomic E-state index is 11.2. The molecule has 1 aliphatic heterocycles. The van der Waals surface area contributed by atoms with E-state index >= 15 is 0 Å². The first-order chi connectivity index (χ1) is 7.21. The minimum Gasteiger partial charge on any atom is -0.445 e. The number of likely N-dealkylation sites (N-methyl/N-ethyl adjacent to an activating group) is 1. The smallest absolute Gasteiger partial charge is 0.407 e. The van der Waals surface area contributed by atoms with Gasteiger partial charge in [0.15, 0.2) is 0 Å². The third-order valence-corrected chi connectivity index (χ3v) is 3.21. The first kappa shape index (κ1) is 12.3. The lowest BCUT2D eigenvalue weighted by Crippen LogP contribution is -2.46. The summed E-state index contributed by atoms with van der Waals surface area (Å²) in [6.07, 6.45) is 1.96.